The van der Waals surface area contributed by atoms with Gasteiger partial charge in [0.1, 0.15) is 17.3 Å². The highest BCUT2D eigenvalue weighted by Gasteiger charge is 2.34. The van der Waals surface area contributed by atoms with Crippen LogP contribution in [0.2, 0.25) is 0 Å². The number of amides is 2. The standard InChI is InChI=1S/C23H22F3N7OS/c1-13-21(35-14(2)29-13)20-18(26)12-27-22(30-20)31-5-7-32(8-6-31)23(34)33-19(3-4-28-33)15-9-16(24)11-17(25)10-15/h4,9-12,19H,3,5-8H2,1-2H3/t19-/m0/s1. The van der Waals surface area contributed by atoms with Crippen LogP contribution in [-0.2, 0) is 0 Å². The molecule has 0 bridgehead atoms. The summed E-state index contributed by atoms with van der Waals surface area (Å²) >= 11 is 1.38. The molecule has 1 atom stereocenters. The number of hydrogen-bond acceptors (Lipinski definition) is 7. The molecule has 2 aromatic heterocycles. The van der Waals surface area contributed by atoms with Crippen LogP contribution in [0.4, 0.5) is 23.9 Å². The predicted octanol–water partition coefficient (Wildman–Crippen LogP) is 4.31. The van der Waals surface area contributed by atoms with Crippen LogP contribution in [0, 0.1) is 31.3 Å². The van der Waals surface area contributed by atoms with E-state index in [0.717, 1.165) is 17.3 Å². The lowest BCUT2D eigenvalue weighted by Crippen LogP contribution is -2.52. The molecule has 0 radical (unpaired) electrons. The summed E-state index contributed by atoms with van der Waals surface area (Å²) in [6.07, 6.45) is 3.10. The van der Waals surface area contributed by atoms with E-state index >= 15 is 0 Å². The molecule has 0 aliphatic carbocycles. The summed E-state index contributed by atoms with van der Waals surface area (Å²) in [5.41, 5.74) is 1.28. The zero-order chi connectivity index (χ0) is 24.7. The van der Waals surface area contributed by atoms with Crippen molar-refractivity contribution in [2.24, 2.45) is 5.10 Å². The van der Waals surface area contributed by atoms with Crippen LogP contribution >= 0.6 is 11.3 Å². The normalized spacial score (nSPS) is 18.0. The van der Waals surface area contributed by atoms with Crippen LogP contribution in [0.5, 0.6) is 0 Å². The second-order valence-electron chi connectivity index (χ2n) is 8.37. The molecule has 0 unspecified atom stereocenters. The van der Waals surface area contributed by atoms with Crippen molar-refractivity contribution in [3.8, 4) is 10.6 Å². The summed E-state index contributed by atoms with van der Waals surface area (Å²) in [5.74, 6) is -1.53. The Balaban J connectivity index is 1.28. The number of aryl methyl sites for hydroxylation is 2. The first-order chi connectivity index (χ1) is 16.8. The molecule has 12 heteroatoms. The van der Waals surface area contributed by atoms with E-state index < -0.39 is 23.5 Å². The number of aromatic nitrogens is 3. The Hall–Kier alpha value is -3.54. The zero-order valence-corrected chi connectivity index (χ0v) is 19.9. The molecule has 35 heavy (non-hydrogen) atoms. The number of carbonyl (C=O) groups excluding carboxylic acids is 1. The van der Waals surface area contributed by atoms with Crippen molar-refractivity contribution in [2.45, 2.75) is 26.3 Å². The van der Waals surface area contributed by atoms with Gasteiger partial charge in [0.05, 0.1) is 27.8 Å². The van der Waals surface area contributed by atoms with E-state index in [2.05, 4.69) is 20.1 Å². The van der Waals surface area contributed by atoms with Gasteiger partial charge in [0.15, 0.2) is 5.82 Å². The van der Waals surface area contributed by atoms with Crippen molar-refractivity contribution in [3.63, 3.8) is 0 Å². The van der Waals surface area contributed by atoms with Crippen LogP contribution in [0.1, 0.15) is 28.7 Å². The van der Waals surface area contributed by atoms with Crippen LogP contribution in [0.25, 0.3) is 10.6 Å². The maximum absolute atomic E-state index is 14.5. The number of nitrogens with zero attached hydrogens (tertiary/aromatic N) is 7. The summed E-state index contributed by atoms with van der Waals surface area (Å²) in [6, 6.07) is 2.32. The van der Waals surface area contributed by atoms with Crippen LogP contribution in [-0.4, -0.2) is 63.3 Å². The lowest BCUT2D eigenvalue weighted by molar-refractivity contribution is 0.139. The Morgan fingerprint density at radius 2 is 1.74 bits per heavy atom. The summed E-state index contributed by atoms with van der Waals surface area (Å²) < 4.78 is 41.9. The van der Waals surface area contributed by atoms with Crippen molar-refractivity contribution in [1.29, 1.82) is 0 Å². The van der Waals surface area contributed by atoms with E-state index in [9.17, 15) is 18.0 Å². The van der Waals surface area contributed by atoms with E-state index in [1.165, 1.54) is 28.5 Å². The van der Waals surface area contributed by atoms with E-state index in [4.69, 9.17) is 0 Å². The zero-order valence-electron chi connectivity index (χ0n) is 19.1. The fourth-order valence-electron chi connectivity index (χ4n) is 4.31. The second-order valence-corrected chi connectivity index (χ2v) is 9.57. The van der Waals surface area contributed by atoms with E-state index in [1.807, 2.05) is 18.7 Å². The molecule has 2 aliphatic rings. The first-order valence-corrected chi connectivity index (χ1v) is 11.9. The Labute approximate surface area is 203 Å². The molecule has 0 N–H and O–H groups in total. The number of carbonyl (C=O) groups is 1. The first-order valence-electron chi connectivity index (χ1n) is 11.1. The number of thiazole rings is 1. The lowest BCUT2D eigenvalue weighted by atomic mass is 10.0. The van der Waals surface area contributed by atoms with Crippen molar-refractivity contribution in [2.75, 3.05) is 31.1 Å². The van der Waals surface area contributed by atoms with Crippen LogP contribution < -0.4 is 4.90 Å². The van der Waals surface area contributed by atoms with E-state index in [-0.39, 0.29) is 11.7 Å². The average Bonchev–Trinajstić information content (AvgIpc) is 3.44. The molecule has 2 aliphatic heterocycles. The number of rotatable bonds is 3. The molecular formula is C23H22F3N7OS. The van der Waals surface area contributed by atoms with Gasteiger partial charge in [0.25, 0.3) is 0 Å². The fourth-order valence-corrected chi connectivity index (χ4v) is 5.22. The van der Waals surface area contributed by atoms with Crippen LogP contribution in [0.15, 0.2) is 29.5 Å². The number of piperazine rings is 1. The number of urea groups is 1. The molecular weight excluding hydrogens is 479 g/mol. The largest absolute Gasteiger partial charge is 0.341 e. The van der Waals surface area contributed by atoms with Crippen molar-refractivity contribution < 1.29 is 18.0 Å². The summed E-state index contributed by atoms with van der Waals surface area (Å²) in [7, 11) is 0. The fraction of sp³-hybridized carbons (Fsp3) is 0.348. The predicted molar refractivity (Wildman–Crippen MR) is 126 cm³/mol. The highest BCUT2D eigenvalue weighted by Crippen LogP contribution is 2.32. The SMILES string of the molecule is Cc1nc(C)c(-c2nc(N3CCN(C(=O)N4N=CC[C@H]4c4cc(F)cc(F)c4)CC3)ncc2F)s1. The van der Waals surface area contributed by atoms with Gasteiger partial charge in [-0.2, -0.15) is 5.10 Å². The van der Waals surface area contributed by atoms with E-state index in [1.54, 1.807) is 11.1 Å². The van der Waals surface area contributed by atoms with Gasteiger partial charge in [-0.3, -0.25) is 0 Å². The minimum atomic E-state index is -0.699. The third-order valence-corrected chi connectivity index (χ3v) is 7.06. The minimum absolute atomic E-state index is 0.216. The number of hydrogen-bond donors (Lipinski definition) is 0. The van der Waals surface area contributed by atoms with Gasteiger partial charge in [0, 0.05) is 44.9 Å². The quantitative estimate of drug-likeness (QED) is 0.535. The van der Waals surface area contributed by atoms with Gasteiger partial charge in [-0.1, -0.05) is 0 Å². The van der Waals surface area contributed by atoms with Gasteiger partial charge in [0.2, 0.25) is 5.95 Å². The monoisotopic (exact) mass is 501 g/mol. The molecule has 0 saturated carbocycles. The third-order valence-electron chi connectivity index (χ3n) is 5.98. The number of anilines is 1. The number of hydrazone groups is 1. The van der Waals surface area contributed by atoms with Gasteiger partial charge in [-0.05, 0) is 31.5 Å². The first kappa shape index (κ1) is 23.2. The average molecular weight is 502 g/mol. The molecule has 8 nitrogen and oxygen atoms in total. The maximum atomic E-state index is 14.5. The molecule has 2 amide bonds. The third kappa shape index (κ3) is 4.57. The summed E-state index contributed by atoms with van der Waals surface area (Å²) in [4.78, 5) is 30.3. The van der Waals surface area contributed by atoms with Crippen molar-refractivity contribution >= 4 is 29.5 Å². The topological polar surface area (TPSA) is 77.8 Å². The number of halogens is 3. The minimum Gasteiger partial charge on any atom is -0.337 e. The Morgan fingerprint density at radius 3 is 2.40 bits per heavy atom. The lowest BCUT2D eigenvalue weighted by Gasteiger charge is -2.37. The summed E-state index contributed by atoms with van der Waals surface area (Å²) in [6.45, 7) is 5.28. The van der Waals surface area contributed by atoms with Gasteiger partial charge in [-0.25, -0.2) is 37.9 Å². The molecule has 3 aromatic rings. The second kappa shape index (κ2) is 9.25. The molecule has 5 rings (SSSR count). The Kier molecular flexibility index (Phi) is 6.13. The molecule has 182 valence electrons. The maximum Gasteiger partial charge on any atom is 0.341 e. The summed E-state index contributed by atoms with van der Waals surface area (Å²) in [5, 5.41) is 6.25. The molecule has 1 aromatic carbocycles. The Morgan fingerprint density at radius 1 is 1.03 bits per heavy atom. The van der Waals surface area contributed by atoms with Gasteiger partial charge in [-0.15, -0.1) is 11.3 Å². The van der Waals surface area contributed by atoms with Crippen LogP contribution in [0.3, 0.4) is 0 Å². The van der Waals surface area contributed by atoms with Gasteiger partial charge < -0.3 is 9.80 Å². The Bertz CT molecular complexity index is 1290. The van der Waals surface area contributed by atoms with E-state index in [0.29, 0.717) is 54.7 Å². The smallest absolute Gasteiger partial charge is 0.337 e. The molecule has 4 heterocycles. The van der Waals surface area contributed by atoms with Crippen molar-refractivity contribution in [1.82, 2.24) is 24.9 Å². The highest BCUT2D eigenvalue weighted by atomic mass is 32.1. The molecule has 1 fully saturated rings. The van der Waals surface area contributed by atoms with Crippen molar-refractivity contribution in [3.05, 3.63) is 58.1 Å². The molecule has 1 saturated heterocycles. The number of benzene rings is 1. The van der Waals surface area contributed by atoms with Gasteiger partial charge >= 0.3 is 6.03 Å². The highest BCUT2D eigenvalue weighted by molar-refractivity contribution is 7.15. The molecule has 0 spiro atoms.